The highest BCUT2D eigenvalue weighted by atomic mass is 16.2. The second-order valence-corrected chi connectivity index (χ2v) is 6.67. The number of anilines is 1. The number of aromatic nitrogens is 3. The second-order valence-electron chi connectivity index (χ2n) is 6.67. The molecule has 0 bridgehead atoms. The van der Waals surface area contributed by atoms with Gasteiger partial charge in [0.05, 0.1) is 6.21 Å². The van der Waals surface area contributed by atoms with Crippen molar-refractivity contribution in [3.8, 4) is 0 Å². The van der Waals surface area contributed by atoms with Gasteiger partial charge in [-0.2, -0.15) is 5.10 Å². The van der Waals surface area contributed by atoms with Gasteiger partial charge in [-0.25, -0.2) is 10.4 Å². The summed E-state index contributed by atoms with van der Waals surface area (Å²) in [5, 5.41) is 4.02. The lowest BCUT2D eigenvalue weighted by Crippen LogP contribution is -2.29. The molecule has 0 spiro atoms. The maximum atomic E-state index is 13.1. The first-order chi connectivity index (χ1) is 13.6. The van der Waals surface area contributed by atoms with Crippen LogP contribution in [0.1, 0.15) is 34.3 Å². The number of pyridine rings is 2. The van der Waals surface area contributed by atoms with Crippen LogP contribution in [0.25, 0.3) is 5.65 Å². The fourth-order valence-corrected chi connectivity index (χ4v) is 3.31. The Kier molecular flexibility index (Phi) is 4.84. The van der Waals surface area contributed by atoms with Crippen molar-refractivity contribution < 1.29 is 4.79 Å². The number of rotatable bonds is 4. The molecule has 0 unspecified atom stereocenters. The minimum absolute atomic E-state index is 0.211. The van der Waals surface area contributed by atoms with Crippen LogP contribution in [0.15, 0.2) is 52.8 Å². The summed E-state index contributed by atoms with van der Waals surface area (Å²) >= 11 is 0. The molecule has 8 heteroatoms. The quantitative estimate of drug-likeness (QED) is 0.553. The number of hydrazone groups is 1. The average Bonchev–Trinajstić information content (AvgIpc) is 3.25. The Morgan fingerprint density at radius 2 is 1.96 bits per heavy atom. The Bertz CT molecular complexity index is 1100. The number of hydrogen-bond acceptors (Lipinski definition) is 6. The van der Waals surface area contributed by atoms with Crippen molar-refractivity contribution in [1.29, 1.82) is 0 Å². The van der Waals surface area contributed by atoms with Gasteiger partial charge in [0.1, 0.15) is 17.0 Å². The highest BCUT2D eigenvalue weighted by Crippen LogP contribution is 2.21. The van der Waals surface area contributed by atoms with Crippen molar-refractivity contribution in [2.24, 2.45) is 5.10 Å². The number of aryl methyl sites for hydroxylation is 1. The Hall–Kier alpha value is -3.55. The summed E-state index contributed by atoms with van der Waals surface area (Å²) in [4.78, 5) is 36.0. The molecule has 0 radical (unpaired) electrons. The largest absolute Gasteiger partial charge is 0.356 e. The molecule has 0 atom stereocenters. The van der Waals surface area contributed by atoms with E-state index in [2.05, 4.69) is 20.4 Å². The van der Waals surface area contributed by atoms with E-state index < -0.39 is 0 Å². The molecule has 3 aromatic heterocycles. The average molecular weight is 376 g/mol. The van der Waals surface area contributed by atoms with Crippen LogP contribution < -0.4 is 15.9 Å². The lowest BCUT2D eigenvalue weighted by Gasteiger charge is -2.19. The fraction of sp³-hybridized carbons (Fsp3) is 0.250. The van der Waals surface area contributed by atoms with Gasteiger partial charge in [0.2, 0.25) is 0 Å². The minimum Gasteiger partial charge on any atom is -0.356 e. The Labute approximate surface area is 161 Å². The van der Waals surface area contributed by atoms with Crippen LogP contribution in [0.4, 0.5) is 5.82 Å². The Morgan fingerprint density at radius 1 is 1.21 bits per heavy atom. The molecule has 1 amide bonds. The van der Waals surface area contributed by atoms with Crippen molar-refractivity contribution in [2.75, 3.05) is 18.0 Å². The lowest BCUT2D eigenvalue weighted by atomic mass is 10.2. The van der Waals surface area contributed by atoms with Crippen molar-refractivity contribution in [3.05, 3.63) is 69.9 Å². The topological polar surface area (TPSA) is 92.0 Å². The fourth-order valence-electron chi connectivity index (χ4n) is 3.31. The molecule has 0 aliphatic carbocycles. The third kappa shape index (κ3) is 3.36. The first-order valence-electron chi connectivity index (χ1n) is 9.15. The Morgan fingerprint density at radius 3 is 2.71 bits per heavy atom. The molecule has 4 rings (SSSR count). The first-order valence-corrected chi connectivity index (χ1v) is 9.15. The summed E-state index contributed by atoms with van der Waals surface area (Å²) in [6, 6.07) is 6.93. The summed E-state index contributed by atoms with van der Waals surface area (Å²) < 4.78 is 1.51. The van der Waals surface area contributed by atoms with Crippen LogP contribution in [0.3, 0.4) is 0 Å². The molecule has 1 aliphatic rings. The van der Waals surface area contributed by atoms with Crippen LogP contribution in [0, 0.1) is 6.92 Å². The molecule has 8 nitrogen and oxygen atoms in total. The summed E-state index contributed by atoms with van der Waals surface area (Å²) in [6.07, 6.45) is 8.27. The van der Waals surface area contributed by atoms with Gasteiger partial charge >= 0.3 is 0 Å². The summed E-state index contributed by atoms with van der Waals surface area (Å²) in [6.45, 7) is 3.62. The zero-order chi connectivity index (χ0) is 19.5. The predicted octanol–water partition coefficient (Wildman–Crippen LogP) is 1.76. The highest BCUT2D eigenvalue weighted by molar-refractivity contribution is 5.95. The van der Waals surface area contributed by atoms with E-state index in [1.165, 1.54) is 23.0 Å². The molecular weight excluding hydrogens is 356 g/mol. The summed E-state index contributed by atoms with van der Waals surface area (Å²) in [5.74, 6) is 0.241. The number of fused-ring (bicyclic) bond motifs is 1. The highest BCUT2D eigenvalue weighted by Gasteiger charge is 2.21. The Balaban J connectivity index is 1.72. The van der Waals surface area contributed by atoms with Gasteiger partial charge < -0.3 is 4.90 Å². The number of carbonyl (C=O) groups excluding carboxylic acids is 1. The molecule has 1 N–H and O–H groups in total. The van der Waals surface area contributed by atoms with E-state index in [1.54, 1.807) is 18.3 Å². The lowest BCUT2D eigenvalue weighted by molar-refractivity contribution is 0.0955. The molecule has 1 aliphatic heterocycles. The van der Waals surface area contributed by atoms with Crippen molar-refractivity contribution >= 4 is 23.6 Å². The third-order valence-corrected chi connectivity index (χ3v) is 4.77. The van der Waals surface area contributed by atoms with Crippen LogP contribution >= 0.6 is 0 Å². The van der Waals surface area contributed by atoms with Gasteiger partial charge in [0.25, 0.3) is 11.5 Å². The minimum atomic E-state index is -0.369. The zero-order valence-electron chi connectivity index (χ0n) is 15.5. The second kappa shape index (κ2) is 7.59. The predicted molar refractivity (Wildman–Crippen MR) is 107 cm³/mol. The normalized spacial score (nSPS) is 14.1. The van der Waals surface area contributed by atoms with Crippen molar-refractivity contribution in [3.63, 3.8) is 0 Å². The van der Waals surface area contributed by atoms with Gasteiger partial charge in [-0.15, -0.1) is 0 Å². The molecule has 1 fully saturated rings. The van der Waals surface area contributed by atoms with Gasteiger partial charge in [0, 0.05) is 37.2 Å². The van der Waals surface area contributed by atoms with E-state index in [4.69, 9.17) is 4.98 Å². The molecule has 0 saturated carbocycles. The number of carbonyl (C=O) groups is 1. The molecule has 3 aromatic rings. The number of nitrogens with zero attached hydrogens (tertiary/aromatic N) is 5. The first kappa shape index (κ1) is 17.8. The molecule has 0 aromatic carbocycles. The van der Waals surface area contributed by atoms with Gasteiger partial charge in [-0.3, -0.25) is 19.0 Å². The van der Waals surface area contributed by atoms with Crippen LogP contribution in [-0.4, -0.2) is 39.6 Å². The van der Waals surface area contributed by atoms with Crippen LogP contribution in [-0.2, 0) is 0 Å². The maximum absolute atomic E-state index is 13.1. The SMILES string of the molecule is Cc1cccn2c(=O)c(/C=N/NC(=O)c3ccncc3)c(N3CCCC3)nc12. The third-order valence-electron chi connectivity index (χ3n) is 4.77. The van der Waals surface area contributed by atoms with E-state index in [1.807, 2.05) is 19.1 Å². The standard InChI is InChI=1S/C20H20N6O2/c1-14-5-4-12-26-17(14)23-18(25-10-2-3-11-25)16(20(26)28)13-22-24-19(27)15-6-8-21-9-7-15/h4-9,12-13H,2-3,10-11H2,1H3,(H,24,27)/b22-13+. The molecular formula is C20H20N6O2. The van der Waals surface area contributed by atoms with Crippen LogP contribution in [0.2, 0.25) is 0 Å². The number of amides is 1. The molecule has 28 heavy (non-hydrogen) atoms. The number of nitrogens with one attached hydrogen (secondary N) is 1. The zero-order valence-corrected chi connectivity index (χ0v) is 15.5. The summed E-state index contributed by atoms with van der Waals surface area (Å²) in [5.41, 5.74) is 4.61. The summed E-state index contributed by atoms with van der Waals surface area (Å²) in [7, 11) is 0. The van der Waals surface area contributed by atoms with Gasteiger partial charge in [-0.05, 0) is 43.5 Å². The maximum Gasteiger partial charge on any atom is 0.271 e. The monoisotopic (exact) mass is 376 g/mol. The number of hydrogen-bond donors (Lipinski definition) is 1. The smallest absolute Gasteiger partial charge is 0.271 e. The van der Waals surface area contributed by atoms with Gasteiger partial charge in [0.15, 0.2) is 0 Å². The van der Waals surface area contributed by atoms with Gasteiger partial charge in [-0.1, -0.05) is 6.07 Å². The molecule has 142 valence electrons. The van der Waals surface area contributed by atoms with E-state index in [0.29, 0.717) is 22.6 Å². The van der Waals surface area contributed by atoms with Crippen molar-refractivity contribution in [1.82, 2.24) is 19.8 Å². The van der Waals surface area contributed by atoms with Crippen molar-refractivity contribution in [2.45, 2.75) is 19.8 Å². The van der Waals surface area contributed by atoms with E-state index in [9.17, 15) is 9.59 Å². The van der Waals surface area contributed by atoms with E-state index in [-0.39, 0.29) is 11.5 Å². The van der Waals surface area contributed by atoms with E-state index >= 15 is 0 Å². The molecule has 4 heterocycles. The molecule has 1 saturated heterocycles. The van der Waals surface area contributed by atoms with E-state index in [0.717, 1.165) is 31.5 Å². The van der Waals surface area contributed by atoms with Crippen LogP contribution in [0.5, 0.6) is 0 Å².